The maximum absolute atomic E-state index is 11.5. The molecule has 0 unspecified atom stereocenters. The third-order valence-electron chi connectivity index (χ3n) is 3.58. The number of nitrogens with one attached hydrogen (secondary N) is 1. The molecule has 0 aliphatic heterocycles. The molecule has 0 aromatic heterocycles. The average molecular weight is 241 g/mol. The minimum absolute atomic E-state index is 0.244. The van der Waals surface area contributed by atoms with Crippen LogP contribution in [0.15, 0.2) is 0 Å². The summed E-state index contributed by atoms with van der Waals surface area (Å²) in [5.74, 6) is 2.00. The number of carbonyl (C=O) groups excluding carboxylic acids is 1. The van der Waals surface area contributed by atoms with Gasteiger partial charge in [-0.1, -0.05) is 27.7 Å². The zero-order chi connectivity index (χ0) is 12.8. The van der Waals surface area contributed by atoms with Crippen LogP contribution >= 0.6 is 0 Å². The van der Waals surface area contributed by atoms with E-state index >= 15 is 0 Å². The number of rotatable bonds is 4. The van der Waals surface area contributed by atoms with Gasteiger partial charge in [0.05, 0.1) is 6.61 Å². The molecule has 1 rings (SSSR count). The largest absolute Gasteiger partial charge is 0.449 e. The fraction of sp³-hybridized carbons (Fsp3) is 0.929. The van der Waals surface area contributed by atoms with Gasteiger partial charge in [0.15, 0.2) is 0 Å². The third-order valence-corrected chi connectivity index (χ3v) is 3.58. The standard InChI is InChI=1S/C14H27NO2/c1-10(2)9-17-14(16)15-13-7-5-12(6-8-13)11(3)4/h10-13H,5-9H2,1-4H3,(H,15,16). The van der Waals surface area contributed by atoms with Crippen LogP contribution in [0.4, 0.5) is 4.79 Å². The summed E-state index contributed by atoms with van der Waals surface area (Å²) in [6, 6.07) is 0.324. The van der Waals surface area contributed by atoms with E-state index in [1.807, 2.05) is 13.8 Å². The molecule has 0 aromatic rings. The molecule has 17 heavy (non-hydrogen) atoms. The smallest absolute Gasteiger partial charge is 0.407 e. The lowest BCUT2D eigenvalue weighted by molar-refractivity contribution is 0.124. The topological polar surface area (TPSA) is 38.3 Å². The van der Waals surface area contributed by atoms with Crippen LogP contribution in [0.5, 0.6) is 0 Å². The maximum atomic E-state index is 11.5. The minimum atomic E-state index is -0.244. The SMILES string of the molecule is CC(C)COC(=O)NC1CCC(C(C)C)CC1. The Morgan fingerprint density at radius 2 is 1.76 bits per heavy atom. The molecular formula is C14H27NO2. The van der Waals surface area contributed by atoms with E-state index < -0.39 is 0 Å². The number of ether oxygens (including phenoxy) is 1. The van der Waals surface area contributed by atoms with Crippen molar-refractivity contribution in [1.29, 1.82) is 0 Å². The van der Waals surface area contributed by atoms with Crippen LogP contribution in [-0.4, -0.2) is 18.7 Å². The van der Waals surface area contributed by atoms with E-state index in [4.69, 9.17) is 4.74 Å². The molecule has 1 amide bonds. The van der Waals surface area contributed by atoms with Crippen molar-refractivity contribution in [3.05, 3.63) is 0 Å². The van der Waals surface area contributed by atoms with Crippen molar-refractivity contribution < 1.29 is 9.53 Å². The predicted molar refractivity (Wildman–Crippen MR) is 69.9 cm³/mol. The molecule has 1 N–H and O–H groups in total. The van der Waals surface area contributed by atoms with Crippen LogP contribution in [0.2, 0.25) is 0 Å². The second-order valence-electron chi connectivity index (χ2n) is 5.99. The van der Waals surface area contributed by atoms with Gasteiger partial charge in [0.1, 0.15) is 0 Å². The first-order valence-corrected chi connectivity index (χ1v) is 6.92. The quantitative estimate of drug-likeness (QED) is 0.817. The third kappa shape index (κ3) is 5.42. The van der Waals surface area contributed by atoms with Gasteiger partial charge in [0.25, 0.3) is 0 Å². The Morgan fingerprint density at radius 1 is 1.18 bits per heavy atom. The molecule has 3 nitrogen and oxygen atoms in total. The van der Waals surface area contributed by atoms with Crippen LogP contribution < -0.4 is 5.32 Å². The number of amides is 1. The number of hydrogen-bond acceptors (Lipinski definition) is 2. The summed E-state index contributed by atoms with van der Waals surface area (Å²) < 4.78 is 5.13. The van der Waals surface area contributed by atoms with Crippen molar-refractivity contribution >= 4 is 6.09 Å². The summed E-state index contributed by atoms with van der Waals surface area (Å²) in [7, 11) is 0. The zero-order valence-electron chi connectivity index (χ0n) is 11.7. The maximum Gasteiger partial charge on any atom is 0.407 e. The molecule has 100 valence electrons. The molecule has 0 spiro atoms. The summed E-state index contributed by atoms with van der Waals surface area (Å²) in [6.45, 7) is 9.17. The first kappa shape index (κ1) is 14.3. The van der Waals surface area contributed by atoms with Crippen LogP contribution in [0.3, 0.4) is 0 Å². The molecule has 0 aromatic carbocycles. The highest BCUT2D eigenvalue weighted by molar-refractivity contribution is 5.67. The second-order valence-corrected chi connectivity index (χ2v) is 5.99. The van der Waals surface area contributed by atoms with Gasteiger partial charge in [-0.25, -0.2) is 4.79 Å². The summed E-state index contributed by atoms with van der Waals surface area (Å²) >= 11 is 0. The summed E-state index contributed by atoms with van der Waals surface area (Å²) in [5, 5.41) is 2.97. The molecule has 1 aliphatic rings. The van der Waals surface area contributed by atoms with Crippen molar-refractivity contribution in [3.8, 4) is 0 Å². The highest BCUT2D eigenvalue weighted by Crippen LogP contribution is 2.29. The lowest BCUT2D eigenvalue weighted by Gasteiger charge is -2.31. The van der Waals surface area contributed by atoms with Crippen LogP contribution in [0, 0.1) is 17.8 Å². The van der Waals surface area contributed by atoms with E-state index in [0.29, 0.717) is 18.6 Å². The molecule has 1 saturated carbocycles. The van der Waals surface area contributed by atoms with Crippen LogP contribution in [-0.2, 0) is 4.74 Å². The van der Waals surface area contributed by atoms with Gasteiger partial charge < -0.3 is 10.1 Å². The molecule has 0 atom stereocenters. The monoisotopic (exact) mass is 241 g/mol. The predicted octanol–water partition coefficient (Wildman–Crippen LogP) is 3.58. The fourth-order valence-electron chi connectivity index (χ4n) is 2.38. The molecule has 1 fully saturated rings. The molecule has 0 bridgehead atoms. The van der Waals surface area contributed by atoms with Gasteiger partial charge >= 0.3 is 6.09 Å². The van der Waals surface area contributed by atoms with Gasteiger partial charge in [-0.2, -0.15) is 0 Å². The highest BCUT2D eigenvalue weighted by atomic mass is 16.5. The Morgan fingerprint density at radius 3 is 2.24 bits per heavy atom. The number of hydrogen-bond donors (Lipinski definition) is 1. The van der Waals surface area contributed by atoms with Crippen molar-refractivity contribution in [3.63, 3.8) is 0 Å². The lowest BCUT2D eigenvalue weighted by atomic mass is 9.80. The lowest BCUT2D eigenvalue weighted by Crippen LogP contribution is -2.38. The van der Waals surface area contributed by atoms with E-state index in [-0.39, 0.29) is 6.09 Å². The Hall–Kier alpha value is -0.730. The van der Waals surface area contributed by atoms with Gasteiger partial charge in [-0.15, -0.1) is 0 Å². The molecule has 1 aliphatic carbocycles. The molecule has 0 saturated heterocycles. The van der Waals surface area contributed by atoms with E-state index in [2.05, 4.69) is 19.2 Å². The first-order chi connectivity index (χ1) is 7.99. The Kier molecular flexibility index (Phi) is 5.79. The van der Waals surface area contributed by atoms with E-state index in [9.17, 15) is 4.79 Å². The molecular weight excluding hydrogens is 214 g/mol. The zero-order valence-corrected chi connectivity index (χ0v) is 11.7. The van der Waals surface area contributed by atoms with Crippen LogP contribution in [0.25, 0.3) is 0 Å². The Bertz CT molecular complexity index is 230. The average Bonchev–Trinajstić information content (AvgIpc) is 2.27. The van der Waals surface area contributed by atoms with Gasteiger partial charge in [0.2, 0.25) is 0 Å². The normalized spacial score (nSPS) is 25.1. The van der Waals surface area contributed by atoms with Gasteiger partial charge in [-0.05, 0) is 43.4 Å². The van der Waals surface area contributed by atoms with Crippen molar-refractivity contribution in [2.75, 3.05) is 6.61 Å². The van der Waals surface area contributed by atoms with E-state index in [1.54, 1.807) is 0 Å². The summed E-state index contributed by atoms with van der Waals surface area (Å²) in [5.41, 5.74) is 0. The fourth-order valence-corrected chi connectivity index (χ4v) is 2.38. The number of carbonyl (C=O) groups is 1. The molecule has 0 radical (unpaired) electrons. The number of alkyl carbamates (subject to hydrolysis) is 1. The Labute approximate surface area is 105 Å². The summed E-state index contributed by atoms with van der Waals surface area (Å²) in [6.07, 6.45) is 4.41. The highest BCUT2D eigenvalue weighted by Gasteiger charge is 2.24. The molecule has 3 heteroatoms. The van der Waals surface area contributed by atoms with Crippen molar-refractivity contribution in [1.82, 2.24) is 5.32 Å². The minimum Gasteiger partial charge on any atom is -0.449 e. The van der Waals surface area contributed by atoms with E-state index in [0.717, 1.165) is 24.7 Å². The van der Waals surface area contributed by atoms with Crippen molar-refractivity contribution in [2.24, 2.45) is 17.8 Å². The van der Waals surface area contributed by atoms with Crippen LogP contribution in [0.1, 0.15) is 53.4 Å². The van der Waals surface area contributed by atoms with Crippen molar-refractivity contribution in [2.45, 2.75) is 59.4 Å². The first-order valence-electron chi connectivity index (χ1n) is 6.92. The van der Waals surface area contributed by atoms with Gasteiger partial charge in [-0.3, -0.25) is 0 Å². The molecule has 0 heterocycles. The van der Waals surface area contributed by atoms with E-state index in [1.165, 1.54) is 12.8 Å². The Balaban J connectivity index is 2.19. The second kappa shape index (κ2) is 6.87. The van der Waals surface area contributed by atoms with Gasteiger partial charge in [0, 0.05) is 6.04 Å². The summed E-state index contributed by atoms with van der Waals surface area (Å²) in [4.78, 5) is 11.5.